The van der Waals surface area contributed by atoms with E-state index in [-0.39, 0.29) is 19.8 Å². The van der Waals surface area contributed by atoms with Crippen molar-refractivity contribution in [2.45, 2.75) is 34.0 Å². The van der Waals surface area contributed by atoms with Gasteiger partial charge in [-0.3, -0.25) is 0 Å². The highest BCUT2D eigenvalue weighted by atomic mass is 35.5. The van der Waals surface area contributed by atoms with Crippen LogP contribution in [0.5, 0.6) is 0 Å². The van der Waals surface area contributed by atoms with Gasteiger partial charge in [0.2, 0.25) is 20.0 Å². The molecule has 10 nitrogen and oxygen atoms in total. The van der Waals surface area contributed by atoms with Crippen molar-refractivity contribution in [2.24, 2.45) is 0 Å². The zero-order chi connectivity index (χ0) is 26.3. The predicted octanol–water partition coefficient (Wildman–Crippen LogP) is 1.02. The van der Waals surface area contributed by atoms with Gasteiger partial charge >= 0.3 is 0 Å². The minimum atomic E-state index is -4.42. The van der Waals surface area contributed by atoms with Gasteiger partial charge in [0, 0.05) is 10.0 Å². The van der Waals surface area contributed by atoms with Crippen LogP contribution in [0.3, 0.4) is 0 Å². The molecule has 16 heteroatoms. The Balaban J connectivity index is 1.70. The molecule has 0 bridgehead atoms. The number of piperazine rings is 1. The normalized spacial score (nSPS) is 30.1. The first-order chi connectivity index (χ1) is 16.6. The van der Waals surface area contributed by atoms with Crippen molar-refractivity contribution >= 4 is 62.9 Å². The zero-order valence-corrected chi connectivity index (χ0v) is 23.1. The number of benzene rings is 2. The highest BCUT2D eigenvalue weighted by Crippen LogP contribution is 2.43. The number of hydrogen-bond acceptors (Lipinski definition) is 8. The third-order valence-electron chi connectivity index (χ3n) is 6.67. The summed E-state index contributed by atoms with van der Waals surface area (Å²) < 4.78 is 108. The molecule has 2 aromatic rings. The minimum Gasteiger partial charge on any atom is -0.229 e. The van der Waals surface area contributed by atoms with Crippen molar-refractivity contribution in [3.05, 3.63) is 58.6 Å². The number of rotatable bonds is 4. The molecule has 0 aromatic heterocycles. The molecule has 0 amide bonds. The van der Waals surface area contributed by atoms with E-state index in [0.717, 1.165) is 8.61 Å². The van der Waals surface area contributed by atoms with Crippen LogP contribution in [0.1, 0.15) is 0 Å². The summed E-state index contributed by atoms with van der Waals surface area (Å²) in [6.07, 6.45) is 0. The molecule has 0 N–H and O–H groups in total. The van der Waals surface area contributed by atoms with Gasteiger partial charge in [-0.15, -0.1) is 0 Å². The lowest BCUT2D eigenvalue weighted by Gasteiger charge is -2.48. The van der Waals surface area contributed by atoms with E-state index in [1.165, 1.54) is 48.5 Å². The third kappa shape index (κ3) is 4.38. The van der Waals surface area contributed by atoms with E-state index in [4.69, 9.17) is 23.2 Å². The molecule has 0 spiro atoms. The van der Waals surface area contributed by atoms with E-state index in [1.54, 1.807) is 0 Å². The molecule has 3 heterocycles. The summed E-state index contributed by atoms with van der Waals surface area (Å²) in [4.78, 5) is -0.404. The fraction of sp³-hybridized carbons (Fsp3) is 0.400. The Bertz CT molecular complexity index is 1480. The predicted molar refractivity (Wildman–Crippen MR) is 133 cm³/mol. The van der Waals surface area contributed by atoms with Crippen LogP contribution >= 0.6 is 23.2 Å². The first-order valence-corrected chi connectivity index (χ1v) is 17.9. The van der Waals surface area contributed by atoms with Gasteiger partial charge in [0.15, 0.2) is 19.7 Å². The quantitative estimate of drug-likeness (QED) is 0.496. The van der Waals surface area contributed by atoms with E-state index < -0.39 is 86.9 Å². The maximum Gasteiger partial charge on any atom is 0.243 e. The van der Waals surface area contributed by atoms with Gasteiger partial charge in [0.25, 0.3) is 0 Å². The fourth-order valence-corrected chi connectivity index (χ4v) is 13.5. The molecule has 196 valence electrons. The van der Waals surface area contributed by atoms with Crippen molar-refractivity contribution in [1.29, 1.82) is 0 Å². The number of halogens is 2. The Morgan fingerprint density at radius 1 is 0.556 bits per heavy atom. The molecule has 3 fully saturated rings. The van der Waals surface area contributed by atoms with Crippen LogP contribution in [0.4, 0.5) is 0 Å². The van der Waals surface area contributed by atoms with Crippen LogP contribution in [-0.4, -0.2) is 89.5 Å². The molecule has 3 aliphatic rings. The van der Waals surface area contributed by atoms with Crippen LogP contribution in [0.15, 0.2) is 58.3 Å². The average Bonchev–Trinajstić information content (AvgIpc) is 3.24. The molecular formula is C20H20Cl2N2O8S4. The lowest BCUT2D eigenvalue weighted by atomic mass is 10.0. The van der Waals surface area contributed by atoms with Crippen LogP contribution in [0, 0.1) is 0 Å². The van der Waals surface area contributed by atoms with Crippen molar-refractivity contribution in [3.63, 3.8) is 0 Å². The fourth-order valence-electron chi connectivity index (χ4n) is 5.25. The Kier molecular flexibility index (Phi) is 6.32. The van der Waals surface area contributed by atoms with Crippen LogP contribution < -0.4 is 0 Å². The number of fused-ring (bicyclic) bond motifs is 2. The van der Waals surface area contributed by atoms with Gasteiger partial charge in [0.1, 0.15) is 0 Å². The first-order valence-electron chi connectivity index (χ1n) is 10.6. The van der Waals surface area contributed by atoms with Crippen molar-refractivity contribution in [1.82, 2.24) is 8.61 Å². The van der Waals surface area contributed by atoms with E-state index in [2.05, 4.69) is 0 Å². The maximum atomic E-state index is 13.8. The van der Waals surface area contributed by atoms with E-state index in [9.17, 15) is 33.7 Å². The van der Waals surface area contributed by atoms with Crippen molar-refractivity contribution < 1.29 is 33.7 Å². The highest BCUT2D eigenvalue weighted by molar-refractivity contribution is 7.93. The second kappa shape index (κ2) is 8.63. The number of nitrogens with zero attached hydrogens (tertiary/aromatic N) is 2. The molecule has 0 saturated carbocycles. The zero-order valence-electron chi connectivity index (χ0n) is 18.3. The van der Waals surface area contributed by atoms with Gasteiger partial charge in [-0.25, -0.2) is 33.7 Å². The molecule has 5 rings (SSSR count). The molecule has 3 aliphatic heterocycles. The molecule has 0 unspecified atom stereocenters. The van der Waals surface area contributed by atoms with E-state index in [0.29, 0.717) is 0 Å². The molecule has 3 saturated heterocycles. The summed E-state index contributed by atoms with van der Waals surface area (Å²) in [5, 5.41) is 0.547. The van der Waals surface area contributed by atoms with Crippen LogP contribution in [0.2, 0.25) is 10.0 Å². The van der Waals surface area contributed by atoms with Gasteiger partial charge in [-0.1, -0.05) is 23.2 Å². The van der Waals surface area contributed by atoms with Gasteiger partial charge in [-0.2, -0.15) is 8.61 Å². The van der Waals surface area contributed by atoms with Crippen molar-refractivity contribution in [3.8, 4) is 0 Å². The van der Waals surface area contributed by atoms with Gasteiger partial charge in [-0.05, 0) is 48.5 Å². The van der Waals surface area contributed by atoms with E-state index >= 15 is 0 Å². The molecule has 4 atom stereocenters. The summed E-state index contributed by atoms with van der Waals surface area (Å²) in [6.45, 7) is 0. The van der Waals surface area contributed by atoms with Crippen LogP contribution in [0.25, 0.3) is 0 Å². The standard InChI is InChI=1S/C20H20Cl2N2O8S4/c21-13-1-5-15(6-2-13)35(29,30)23-17-9-33(25,26)11-19(17)24(20-12-34(27,28)10-18(20)23)36(31,32)16-7-3-14(22)4-8-16/h1-8,17-20H,9-12H2/t17-,18-,19-,20+/m1/s1. The lowest BCUT2D eigenvalue weighted by molar-refractivity contribution is 0.0841. The Morgan fingerprint density at radius 3 is 1.06 bits per heavy atom. The summed E-state index contributed by atoms with van der Waals surface area (Å²) in [5.74, 6) is -2.55. The summed E-state index contributed by atoms with van der Waals surface area (Å²) in [6, 6.07) is 5.11. The Hall–Kier alpha value is -1.26. The second-order valence-electron chi connectivity index (χ2n) is 9.00. The van der Waals surface area contributed by atoms with Gasteiger partial charge in [0.05, 0.1) is 57.0 Å². The summed E-state index contributed by atoms with van der Waals surface area (Å²) >= 11 is 11.8. The molecule has 2 aromatic carbocycles. The lowest BCUT2D eigenvalue weighted by Crippen LogP contribution is -2.69. The topological polar surface area (TPSA) is 143 Å². The first kappa shape index (κ1) is 26.4. The highest BCUT2D eigenvalue weighted by Gasteiger charge is 2.63. The largest absolute Gasteiger partial charge is 0.243 e. The third-order valence-corrected chi connectivity index (χ3v) is 14.5. The molecular weight excluding hydrogens is 595 g/mol. The minimum absolute atomic E-state index is 0.202. The number of hydrogen-bond donors (Lipinski definition) is 0. The molecule has 0 radical (unpaired) electrons. The number of sulfone groups is 2. The number of sulfonamides is 2. The Labute approximate surface area is 219 Å². The SMILES string of the molecule is O=S1(=O)C[C@@H]2[C@@H](C1)N(S(=O)(=O)c1ccc(Cl)cc1)[C@H]1CS(=O)(=O)C[C@H]1N2S(=O)(=O)c1ccc(Cl)cc1. The average molecular weight is 616 g/mol. The second-order valence-corrected chi connectivity index (χ2v) is 17.9. The monoisotopic (exact) mass is 614 g/mol. The smallest absolute Gasteiger partial charge is 0.229 e. The molecule has 0 aliphatic carbocycles. The van der Waals surface area contributed by atoms with Gasteiger partial charge < -0.3 is 0 Å². The summed E-state index contributed by atoms with van der Waals surface area (Å²) in [7, 11) is -16.6. The van der Waals surface area contributed by atoms with E-state index in [1.807, 2.05) is 0 Å². The Morgan fingerprint density at radius 2 is 0.806 bits per heavy atom. The van der Waals surface area contributed by atoms with Crippen LogP contribution in [-0.2, 0) is 39.7 Å². The summed E-state index contributed by atoms with van der Waals surface area (Å²) in [5.41, 5.74) is 0. The molecule has 36 heavy (non-hydrogen) atoms. The van der Waals surface area contributed by atoms with Crippen molar-refractivity contribution in [2.75, 3.05) is 23.0 Å². The maximum absolute atomic E-state index is 13.8.